The lowest BCUT2D eigenvalue weighted by Crippen LogP contribution is -2.24. The lowest BCUT2D eigenvalue weighted by atomic mass is 10.2. The van der Waals surface area contributed by atoms with Gasteiger partial charge in [-0.2, -0.15) is 0 Å². The molecule has 2 heterocycles. The molecule has 1 aliphatic rings. The number of benzene rings is 2. The van der Waals surface area contributed by atoms with Crippen LogP contribution in [0.2, 0.25) is 0 Å². The fraction of sp³-hybridized carbons (Fsp3) is 0.150. The molecule has 0 saturated carbocycles. The molecule has 2 aromatic carbocycles. The average molecular weight is 380 g/mol. The van der Waals surface area contributed by atoms with Gasteiger partial charge in [-0.25, -0.2) is 4.39 Å². The van der Waals surface area contributed by atoms with Crippen molar-refractivity contribution < 1.29 is 18.7 Å². The molecule has 1 amide bonds. The van der Waals surface area contributed by atoms with Gasteiger partial charge in [0.25, 0.3) is 5.91 Å². The Morgan fingerprint density at radius 1 is 1.00 bits per heavy atom. The molecular weight excluding hydrogens is 363 g/mol. The number of anilines is 2. The van der Waals surface area contributed by atoms with Crippen molar-refractivity contribution in [2.75, 3.05) is 18.5 Å². The number of carbonyl (C=O) groups is 1. The van der Waals surface area contributed by atoms with E-state index in [9.17, 15) is 9.18 Å². The van der Waals surface area contributed by atoms with Crippen molar-refractivity contribution in [1.29, 1.82) is 0 Å². The molecule has 0 aliphatic carbocycles. The quantitative estimate of drug-likeness (QED) is 0.708. The van der Waals surface area contributed by atoms with Gasteiger partial charge in [0.05, 0.1) is 0 Å². The largest absolute Gasteiger partial charge is 0.486 e. The van der Waals surface area contributed by atoms with Crippen molar-refractivity contribution in [3.8, 4) is 11.5 Å². The first-order chi connectivity index (χ1) is 13.7. The Balaban J connectivity index is 1.38. The average Bonchev–Trinajstić information content (AvgIpc) is 2.73. The first-order valence-electron chi connectivity index (χ1n) is 8.71. The number of fused-ring (bicyclic) bond motifs is 1. The van der Waals surface area contributed by atoms with E-state index < -0.39 is 5.91 Å². The van der Waals surface area contributed by atoms with E-state index in [1.807, 2.05) is 18.2 Å². The van der Waals surface area contributed by atoms with Crippen molar-refractivity contribution >= 4 is 17.4 Å². The van der Waals surface area contributed by atoms with Crippen LogP contribution in [0.1, 0.15) is 16.1 Å². The summed E-state index contributed by atoms with van der Waals surface area (Å²) in [7, 11) is 0. The van der Waals surface area contributed by atoms with E-state index in [0.717, 1.165) is 5.69 Å². The molecule has 0 atom stereocenters. The number of aromatic nitrogens is 2. The van der Waals surface area contributed by atoms with Gasteiger partial charge in [0.1, 0.15) is 19.0 Å². The van der Waals surface area contributed by atoms with Crippen molar-refractivity contribution in [3.63, 3.8) is 0 Å². The molecule has 0 bridgehead atoms. The topological polar surface area (TPSA) is 85.4 Å². The molecule has 0 saturated heterocycles. The monoisotopic (exact) mass is 380 g/mol. The molecule has 0 spiro atoms. The maximum Gasteiger partial charge on any atom is 0.272 e. The van der Waals surface area contributed by atoms with Crippen molar-refractivity contribution in [2.24, 2.45) is 0 Å². The first-order valence-corrected chi connectivity index (χ1v) is 8.71. The van der Waals surface area contributed by atoms with E-state index in [4.69, 9.17) is 9.47 Å². The minimum absolute atomic E-state index is 0.0738. The first kappa shape index (κ1) is 17.7. The van der Waals surface area contributed by atoms with Crippen molar-refractivity contribution in [2.45, 2.75) is 6.54 Å². The second-order valence-corrected chi connectivity index (χ2v) is 6.06. The number of amides is 1. The smallest absolute Gasteiger partial charge is 0.272 e. The standard InChI is InChI=1S/C20H17FN4O3/c21-15-4-2-1-3-13(15)12-22-20(26)16-6-8-19(25-24-16)23-14-5-7-17-18(11-14)28-10-9-27-17/h1-8,11H,9-10,12H2,(H,22,26)(H,23,25). The van der Waals surface area contributed by atoms with E-state index in [1.54, 1.807) is 30.3 Å². The Morgan fingerprint density at radius 3 is 2.61 bits per heavy atom. The third-order valence-electron chi connectivity index (χ3n) is 4.11. The van der Waals surface area contributed by atoms with Crippen molar-refractivity contribution in [1.82, 2.24) is 15.5 Å². The molecule has 142 valence electrons. The maximum atomic E-state index is 13.6. The number of halogens is 1. The minimum Gasteiger partial charge on any atom is -0.486 e. The zero-order valence-electron chi connectivity index (χ0n) is 14.8. The van der Waals surface area contributed by atoms with Crippen LogP contribution in [0, 0.1) is 5.82 Å². The number of carbonyl (C=O) groups excluding carboxylic acids is 1. The van der Waals surface area contributed by atoms with Crippen LogP contribution in [-0.2, 0) is 6.54 Å². The van der Waals surface area contributed by atoms with Gasteiger partial charge >= 0.3 is 0 Å². The Hall–Kier alpha value is -3.68. The van der Waals surface area contributed by atoms with Crippen LogP contribution in [0.4, 0.5) is 15.9 Å². The molecule has 1 aromatic heterocycles. The van der Waals surface area contributed by atoms with Gasteiger partial charge in [0.15, 0.2) is 23.0 Å². The van der Waals surface area contributed by atoms with Crippen LogP contribution in [0.15, 0.2) is 54.6 Å². The summed E-state index contributed by atoms with van der Waals surface area (Å²) in [6.07, 6.45) is 0. The molecule has 3 aromatic rings. The number of ether oxygens (including phenoxy) is 2. The fourth-order valence-corrected chi connectivity index (χ4v) is 2.70. The Labute approximate surface area is 160 Å². The van der Waals surface area contributed by atoms with Gasteiger partial charge < -0.3 is 20.1 Å². The summed E-state index contributed by atoms with van der Waals surface area (Å²) < 4.78 is 24.6. The molecule has 8 heteroatoms. The fourth-order valence-electron chi connectivity index (χ4n) is 2.70. The Bertz CT molecular complexity index is 995. The number of hydrogen-bond acceptors (Lipinski definition) is 6. The van der Waals surface area contributed by atoms with E-state index >= 15 is 0 Å². The predicted octanol–water partition coefficient (Wildman–Crippen LogP) is 3.06. The van der Waals surface area contributed by atoms with Gasteiger partial charge in [-0.15, -0.1) is 10.2 Å². The van der Waals surface area contributed by atoms with Crippen molar-refractivity contribution in [3.05, 3.63) is 71.7 Å². The Morgan fingerprint density at radius 2 is 1.82 bits per heavy atom. The number of nitrogens with one attached hydrogen (secondary N) is 2. The molecule has 0 fully saturated rings. The van der Waals surface area contributed by atoms with Gasteiger partial charge in [-0.1, -0.05) is 18.2 Å². The summed E-state index contributed by atoms with van der Waals surface area (Å²) in [5.41, 5.74) is 1.31. The molecule has 7 nitrogen and oxygen atoms in total. The van der Waals surface area contributed by atoms with Gasteiger partial charge in [-0.3, -0.25) is 4.79 Å². The summed E-state index contributed by atoms with van der Waals surface area (Å²) in [5.74, 6) is 1.04. The summed E-state index contributed by atoms with van der Waals surface area (Å²) in [6, 6.07) is 14.9. The summed E-state index contributed by atoms with van der Waals surface area (Å²) in [6.45, 7) is 1.11. The summed E-state index contributed by atoms with van der Waals surface area (Å²) in [5, 5.41) is 13.7. The normalized spacial score (nSPS) is 12.3. The predicted molar refractivity (Wildman–Crippen MR) is 100 cm³/mol. The van der Waals surface area contributed by atoms with Gasteiger partial charge in [0.2, 0.25) is 0 Å². The zero-order chi connectivity index (χ0) is 19.3. The van der Waals surface area contributed by atoms with Crippen LogP contribution < -0.4 is 20.1 Å². The molecule has 4 rings (SSSR count). The second-order valence-electron chi connectivity index (χ2n) is 6.06. The van der Waals surface area contributed by atoms with Crippen LogP contribution in [0.5, 0.6) is 11.5 Å². The number of rotatable bonds is 5. The minimum atomic E-state index is -0.429. The van der Waals surface area contributed by atoms with Crippen LogP contribution in [0.25, 0.3) is 0 Å². The SMILES string of the molecule is O=C(NCc1ccccc1F)c1ccc(Nc2ccc3c(c2)OCCO3)nn1. The third-order valence-corrected chi connectivity index (χ3v) is 4.11. The molecule has 1 aliphatic heterocycles. The maximum absolute atomic E-state index is 13.6. The van der Waals surface area contributed by atoms with E-state index in [1.165, 1.54) is 6.07 Å². The summed E-state index contributed by atoms with van der Waals surface area (Å²) in [4.78, 5) is 12.2. The highest BCUT2D eigenvalue weighted by atomic mass is 19.1. The second kappa shape index (κ2) is 7.91. The van der Waals surface area contributed by atoms with Gasteiger partial charge in [0, 0.05) is 23.9 Å². The molecule has 28 heavy (non-hydrogen) atoms. The molecular formula is C20H17FN4O3. The summed E-state index contributed by atoms with van der Waals surface area (Å²) >= 11 is 0. The Kier molecular flexibility index (Phi) is 5.01. The molecule has 2 N–H and O–H groups in total. The zero-order valence-corrected chi connectivity index (χ0v) is 14.8. The number of nitrogens with zero attached hydrogens (tertiary/aromatic N) is 2. The highest BCUT2D eigenvalue weighted by Gasteiger charge is 2.13. The van der Waals surface area contributed by atoms with E-state index in [0.29, 0.717) is 36.1 Å². The molecule has 0 radical (unpaired) electrons. The van der Waals surface area contributed by atoms with Crippen LogP contribution >= 0.6 is 0 Å². The van der Waals surface area contributed by atoms with Crippen LogP contribution in [-0.4, -0.2) is 29.3 Å². The number of hydrogen-bond donors (Lipinski definition) is 2. The van der Waals surface area contributed by atoms with E-state index in [-0.39, 0.29) is 18.1 Å². The lowest BCUT2D eigenvalue weighted by molar-refractivity contribution is 0.0944. The highest BCUT2D eigenvalue weighted by Crippen LogP contribution is 2.33. The van der Waals surface area contributed by atoms with Gasteiger partial charge in [-0.05, 0) is 30.3 Å². The highest BCUT2D eigenvalue weighted by molar-refractivity contribution is 5.92. The van der Waals surface area contributed by atoms with E-state index in [2.05, 4.69) is 20.8 Å². The van der Waals surface area contributed by atoms with Crippen LogP contribution in [0.3, 0.4) is 0 Å². The third kappa shape index (κ3) is 4.01. The lowest BCUT2D eigenvalue weighted by Gasteiger charge is -2.19. The molecule has 0 unspecified atom stereocenters.